The van der Waals surface area contributed by atoms with E-state index in [-0.39, 0.29) is 0 Å². The van der Waals surface area contributed by atoms with Crippen molar-refractivity contribution in [2.24, 2.45) is 17.8 Å². The molecular weight excluding hydrogens is 1130 g/mol. The minimum absolute atomic E-state index is 0.631. The third-order valence-electron chi connectivity index (χ3n) is 19.9. The second-order valence-electron chi connectivity index (χ2n) is 26.1. The lowest BCUT2D eigenvalue weighted by Crippen LogP contribution is -2.10. The number of nitrogens with zero attached hydrogens (tertiary/aromatic N) is 6. The van der Waals surface area contributed by atoms with E-state index in [1.807, 2.05) is 0 Å². The van der Waals surface area contributed by atoms with Gasteiger partial charge in [0.15, 0.2) is 17.5 Å². The summed E-state index contributed by atoms with van der Waals surface area (Å²) in [6.45, 7) is 17.1. The number of hydrogen-bond donors (Lipinski definition) is 0. The molecule has 93 heavy (non-hydrogen) atoms. The first-order valence-electron chi connectivity index (χ1n) is 34.9. The number of hydrogen-bond acceptors (Lipinski definition) is 3. The molecule has 468 valence electrons. The van der Waals surface area contributed by atoms with Gasteiger partial charge in [-0.3, -0.25) is 0 Å². The Kier molecular flexibility index (Phi) is 19.5. The van der Waals surface area contributed by atoms with Crippen molar-refractivity contribution >= 4 is 102 Å². The van der Waals surface area contributed by atoms with Crippen LogP contribution in [-0.4, -0.2) is 28.7 Å². The first-order chi connectivity index (χ1) is 45.8. The molecule has 0 amide bonds. The van der Waals surface area contributed by atoms with E-state index in [1.165, 1.54) is 159 Å². The molecule has 0 saturated heterocycles. The lowest BCUT2D eigenvalue weighted by molar-refractivity contribution is 0.401. The minimum atomic E-state index is 0.631. The monoisotopic (exact) mass is 1220 g/mol. The van der Waals surface area contributed by atoms with Crippen LogP contribution >= 0.6 is 0 Å². The van der Waals surface area contributed by atoms with E-state index in [4.69, 9.17) is 15.0 Å². The van der Waals surface area contributed by atoms with Crippen LogP contribution in [0.2, 0.25) is 0 Å². The molecule has 3 atom stereocenters. The van der Waals surface area contributed by atoms with Crippen molar-refractivity contribution in [3.63, 3.8) is 0 Å². The molecule has 0 N–H and O–H groups in total. The molecular formula is C87H90N6. The van der Waals surface area contributed by atoms with Crippen LogP contribution in [0.1, 0.15) is 152 Å². The van der Waals surface area contributed by atoms with Gasteiger partial charge in [0.25, 0.3) is 0 Å². The highest BCUT2D eigenvalue weighted by Gasteiger charge is 2.19. The Hall–Kier alpha value is -9.39. The highest BCUT2D eigenvalue weighted by atomic mass is 15.0. The standard InChI is InChI=1S/C87H90N6/c1-7-13-22-61(10-4)58-91-79-28-19-16-25-73(79)76-55-67(43-52-82(76)91)34-31-64-37-46-70(47-38-64)85-88-86(71-48-39-65(40-49-71)32-35-68-44-53-83-77(56-68)74-26-17-20-29-80(74)92(83)59-62(11-5)23-14-8-2)90-87(89-85)72-50-41-66(42-51-72)33-36-69-45-54-84-78(57-69)75-27-18-21-30-81(75)93(84)60-63(12-6)24-15-9-3/h16-21,25-57,61-63H,7-15,22-24,58-60H2,1-6H3. The van der Waals surface area contributed by atoms with Crippen molar-refractivity contribution in [2.45, 2.75) is 138 Å². The minimum Gasteiger partial charge on any atom is -0.340 e. The Morgan fingerprint density at radius 3 is 0.796 bits per heavy atom. The molecule has 4 heterocycles. The Bertz CT molecular complexity index is 4300. The summed E-state index contributed by atoms with van der Waals surface area (Å²) in [5.74, 6) is 3.90. The van der Waals surface area contributed by atoms with Crippen molar-refractivity contribution < 1.29 is 0 Å². The number of fused-ring (bicyclic) bond motifs is 9. The van der Waals surface area contributed by atoms with Gasteiger partial charge >= 0.3 is 0 Å². The molecule has 9 aromatic carbocycles. The lowest BCUT2D eigenvalue weighted by Gasteiger charge is -2.17. The summed E-state index contributed by atoms with van der Waals surface area (Å²) in [6.07, 6.45) is 28.3. The van der Waals surface area contributed by atoms with Crippen molar-refractivity contribution in [3.8, 4) is 34.2 Å². The molecule has 0 spiro atoms. The number of para-hydroxylation sites is 3. The summed E-state index contributed by atoms with van der Waals surface area (Å²) >= 11 is 0. The van der Waals surface area contributed by atoms with Crippen LogP contribution in [-0.2, 0) is 19.6 Å². The summed E-state index contributed by atoms with van der Waals surface area (Å²) in [7, 11) is 0. The topological polar surface area (TPSA) is 53.5 Å². The van der Waals surface area contributed by atoms with E-state index >= 15 is 0 Å². The summed E-state index contributed by atoms with van der Waals surface area (Å²) < 4.78 is 7.70. The molecule has 0 radical (unpaired) electrons. The van der Waals surface area contributed by atoms with Gasteiger partial charge in [-0.15, -0.1) is 0 Å². The predicted molar refractivity (Wildman–Crippen MR) is 401 cm³/mol. The van der Waals surface area contributed by atoms with E-state index in [0.717, 1.165) is 53.0 Å². The number of aromatic nitrogens is 6. The van der Waals surface area contributed by atoms with Gasteiger partial charge in [0.1, 0.15) is 0 Å². The molecule has 0 aliphatic rings. The van der Waals surface area contributed by atoms with Gasteiger partial charge in [-0.05, 0) is 125 Å². The van der Waals surface area contributed by atoms with E-state index in [1.54, 1.807) is 0 Å². The largest absolute Gasteiger partial charge is 0.340 e. The summed E-state index contributed by atoms with van der Waals surface area (Å²) in [6, 6.07) is 73.5. The first kappa shape index (κ1) is 62.4. The maximum Gasteiger partial charge on any atom is 0.164 e. The third kappa shape index (κ3) is 13.7. The summed E-state index contributed by atoms with van der Waals surface area (Å²) in [4.78, 5) is 15.6. The molecule has 4 aromatic heterocycles. The zero-order valence-electron chi connectivity index (χ0n) is 55.5. The fraction of sp³-hybridized carbons (Fsp3) is 0.276. The van der Waals surface area contributed by atoms with Gasteiger partial charge in [-0.2, -0.15) is 0 Å². The molecule has 3 unspecified atom stereocenters. The van der Waals surface area contributed by atoms with Gasteiger partial charge in [-0.1, -0.05) is 281 Å². The van der Waals surface area contributed by atoms with Crippen LogP contribution in [0.25, 0.3) is 136 Å². The van der Waals surface area contributed by atoms with Gasteiger partial charge < -0.3 is 13.7 Å². The van der Waals surface area contributed by atoms with Crippen molar-refractivity contribution in [1.82, 2.24) is 28.7 Å². The summed E-state index contributed by atoms with van der Waals surface area (Å²) in [5, 5.41) is 7.89. The predicted octanol–water partition coefficient (Wildman–Crippen LogP) is 24.4. The van der Waals surface area contributed by atoms with Crippen molar-refractivity contribution in [2.75, 3.05) is 0 Å². The van der Waals surface area contributed by atoms with Crippen LogP contribution in [0, 0.1) is 17.8 Å². The van der Waals surface area contributed by atoms with Gasteiger partial charge in [0.05, 0.1) is 0 Å². The SMILES string of the molecule is CCCCC(CC)Cn1c2ccccc2c2cc(C=Cc3ccc(-c4nc(-c5ccc(C=Cc6ccc7c(c6)c6ccccc6n7CC(CC)CCCC)cc5)nc(-c5ccc(C=Cc6ccc7c(c6)c6ccccc6n7CC(CC)CCCC)cc5)n4)cc3)ccc21. The quantitative estimate of drug-likeness (QED) is 0.0482. The first-order valence-corrected chi connectivity index (χ1v) is 34.9. The molecule has 13 aromatic rings. The van der Waals surface area contributed by atoms with Crippen LogP contribution in [0.15, 0.2) is 200 Å². The van der Waals surface area contributed by atoms with Crippen molar-refractivity contribution in [1.29, 1.82) is 0 Å². The Morgan fingerprint density at radius 2 is 0.527 bits per heavy atom. The van der Waals surface area contributed by atoms with E-state index in [2.05, 4.69) is 292 Å². The maximum atomic E-state index is 5.21. The molecule has 13 rings (SSSR count). The number of benzene rings is 9. The molecule has 6 heteroatoms. The second-order valence-corrected chi connectivity index (χ2v) is 26.1. The second kappa shape index (κ2) is 29.1. The highest BCUT2D eigenvalue weighted by Crippen LogP contribution is 2.37. The van der Waals surface area contributed by atoms with Crippen LogP contribution in [0.3, 0.4) is 0 Å². The van der Waals surface area contributed by atoms with Crippen LogP contribution in [0.4, 0.5) is 0 Å². The lowest BCUT2D eigenvalue weighted by atomic mass is 9.99. The Morgan fingerprint density at radius 1 is 0.280 bits per heavy atom. The average molecular weight is 1220 g/mol. The fourth-order valence-corrected chi connectivity index (χ4v) is 14.2. The van der Waals surface area contributed by atoms with E-state index in [0.29, 0.717) is 35.2 Å². The summed E-state index contributed by atoms with van der Waals surface area (Å²) in [5.41, 5.74) is 17.6. The Balaban J connectivity index is 0.781. The normalized spacial score (nSPS) is 13.2. The van der Waals surface area contributed by atoms with Gasteiger partial charge in [0.2, 0.25) is 0 Å². The smallest absolute Gasteiger partial charge is 0.164 e. The molecule has 0 aliphatic heterocycles. The van der Waals surface area contributed by atoms with Crippen molar-refractivity contribution in [3.05, 3.63) is 234 Å². The highest BCUT2D eigenvalue weighted by molar-refractivity contribution is 6.11. The van der Waals surface area contributed by atoms with Gasteiger partial charge in [-0.25, -0.2) is 15.0 Å². The number of rotatable bonds is 27. The zero-order chi connectivity index (χ0) is 63.6. The average Bonchev–Trinajstić information content (AvgIpc) is 1.67. The van der Waals surface area contributed by atoms with Gasteiger partial charge in [0, 0.05) is 102 Å². The third-order valence-corrected chi connectivity index (χ3v) is 19.9. The van der Waals surface area contributed by atoms with E-state index in [9.17, 15) is 0 Å². The van der Waals surface area contributed by atoms with E-state index < -0.39 is 0 Å². The maximum absolute atomic E-state index is 5.21. The molecule has 0 saturated carbocycles. The molecule has 6 nitrogen and oxygen atoms in total. The Labute approximate surface area is 551 Å². The molecule has 0 fully saturated rings. The molecule has 0 aliphatic carbocycles. The zero-order valence-corrected chi connectivity index (χ0v) is 55.5. The van der Waals surface area contributed by atoms with Crippen LogP contribution in [0.5, 0.6) is 0 Å². The van der Waals surface area contributed by atoms with Crippen LogP contribution < -0.4 is 0 Å². The molecule has 0 bridgehead atoms. The number of unbranched alkanes of at least 4 members (excludes halogenated alkanes) is 3. The fourth-order valence-electron chi connectivity index (χ4n) is 14.2.